The average Bonchev–Trinajstić information content (AvgIpc) is 2.43. The van der Waals surface area contributed by atoms with E-state index in [0.29, 0.717) is 11.3 Å². The number of anilines is 1. The van der Waals surface area contributed by atoms with Crippen LogP contribution in [-0.4, -0.2) is 5.71 Å². The van der Waals surface area contributed by atoms with Gasteiger partial charge in [-0.3, -0.25) is 0 Å². The first-order valence-corrected chi connectivity index (χ1v) is 6.78. The van der Waals surface area contributed by atoms with Crippen molar-refractivity contribution >= 4 is 17.0 Å². The predicted octanol–water partition coefficient (Wildman–Crippen LogP) is 4.50. The summed E-state index contributed by atoms with van der Waals surface area (Å²) in [5.41, 5.74) is 11.2. The van der Waals surface area contributed by atoms with Gasteiger partial charge >= 0.3 is 0 Å². The maximum Gasteiger partial charge on any atom is 0.124 e. The zero-order chi connectivity index (χ0) is 15.6. The van der Waals surface area contributed by atoms with Crippen LogP contribution in [0.5, 0.6) is 0 Å². The molecule has 0 aliphatic carbocycles. The van der Waals surface area contributed by atoms with Crippen molar-refractivity contribution < 1.29 is 4.39 Å². The lowest BCUT2D eigenvalue weighted by Gasteiger charge is -2.09. The van der Waals surface area contributed by atoms with Crippen molar-refractivity contribution in [1.29, 1.82) is 5.41 Å². The Kier molecular flexibility index (Phi) is 4.22. The monoisotopic (exact) mass is 282 g/mol. The lowest BCUT2D eigenvalue weighted by Crippen LogP contribution is -2.02. The van der Waals surface area contributed by atoms with Crippen LogP contribution in [0.3, 0.4) is 0 Å². The number of benzene rings is 2. The van der Waals surface area contributed by atoms with Gasteiger partial charge in [0.15, 0.2) is 0 Å². The molecule has 0 radical (unpaired) electrons. The third kappa shape index (κ3) is 3.37. The molecule has 0 saturated carbocycles. The van der Waals surface area contributed by atoms with Crippen LogP contribution in [0.2, 0.25) is 0 Å². The summed E-state index contributed by atoms with van der Waals surface area (Å²) in [7, 11) is 0. The van der Waals surface area contributed by atoms with E-state index in [1.807, 2.05) is 20.8 Å². The van der Waals surface area contributed by atoms with Gasteiger partial charge in [-0.05, 0) is 61.7 Å². The van der Waals surface area contributed by atoms with E-state index < -0.39 is 0 Å². The van der Waals surface area contributed by atoms with Gasteiger partial charge in [0, 0.05) is 11.3 Å². The van der Waals surface area contributed by atoms with Gasteiger partial charge in [0.05, 0.1) is 5.71 Å². The second-order valence-electron chi connectivity index (χ2n) is 5.29. The van der Waals surface area contributed by atoms with Gasteiger partial charge in [-0.15, -0.1) is 0 Å². The topological polar surface area (TPSA) is 49.9 Å². The molecule has 2 aromatic carbocycles. The minimum Gasteiger partial charge on any atom is -0.398 e. The number of halogens is 1. The molecule has 0 heterocycles. The normalized spacial score (nSPS) is 11.5. The summed E-state index contributed by atoms with van der Waals surface area (Å²) in [4.78, 5) is 0. The van der Waals surface area contributed by atoms with Crippen molar-refractivity contribution in [1.82, 2.24) is 0 Å². The zero-order valence-corrected chi connectivity index (χ0v) is 12.5. The van der Waals surface area contributed by atoms with Crippen molar-refractivity contribution in [2.45, 2.75) is 20.8 Å². The minimum atomic E-state index is -0.387. The van der Waals surface area contributed by atoms with Gasteiger partial charge < -0.3 is 11.1 Å². The van der Waals surface area contributed by atoms with Crippen molar-refractivity contribution in [3.8, 4) is 0 Å². The fourth-order valence-corrected chi connectivity index (χ4v) is 2.29. The zero-order valence-electron chi connectivity index (χ0n) is 12.5. The van der Waals surface area contributed by atoms with Crippen LogP contribution in [-0.2, 0) is 0 Å². The molecule has 0 bridgehead atoms. The van der Waals surface area contributed by atoms with Gasteiger partial charge in [0.25, 0.3) is 0 Å². The molecule has 108 valence electrons. The Labute approximate surface area is 124 Å². The average molecular weight is 282 g/mol. The van der Waals surface area contributed by atoms with Crippen molar-refractivity contribution in [2.75, 3.05) is 5.73 Å². The number of nitrogens with one attached hydrogen (secondary N) is 1. The highest BCUT2D eigenvalue weighted by Gasteiger charge is 2.07. The molecule has 0 atom stereocenters. The molecule has 2 nitrogen and oxygen atoms in total. The fraction of sp³-hybridized carbons (Fsp3) is 0.167. The number of allylic oxidation sites excluding steroid dienone is 2. The molecule has 0 fully saturated rings. The highest BCUT2D eigenvalue weighted by Crippen LogP contribution is 2.22. The molecule has 0 unspecified atom stereocenters. The summed E-state index contributed by atoms with van der Waals surface area (Å²) in [6, 6.07) is 10.3. The Balaban J connectivity index is 2.40. The molecule has 0 spiro atoms. The first-order chi connectivity index (χ1) is 9.88. The van der Waals surface area contributed by atoms with Crippen LogP contribution in [0.15, 0.2) is 42.5 Å². The van der Waals surface area contributed by atoms with E-state index in [0.717, 1.165) is 16.7 Å². The highest BCUT2D eigenvalue weighted by molar-refractivity contribution is 6.13. The number of aryl methyl sites for hydroxylation is 2. The minimum absolute atomic E-state index is 0.213. The van der Waals surface area contributed by atoms with Gasteiger partial charge in [-0.1, -0.05) is 23.8 Å². The Morgan fingerprint density at radius 1 is 1.10 bits per heavy atom. The van der Waals surface area contributed by atoms with Crippen molar-refractivity contribution in [3.05, 3.63) is 70.5 Å². The quantitative estimate of drug-likeness (QED) is 0.632. The van der Waals surface area contributed by atoms with E-state index in [2.05, 4.69) is 18.2 Å². The van der Waals surface area contributed by atoms with Gasteiger partial charge in [-0.2, -0.15) is 0 Å². The Morgan fingerprint density at radius 2 is 1.81 bits per heavy atom. The summed E-state index contributed by atoms with van der Waals surface area (Å²) < 4.78 is 13.3. The third-order valence-corrected chi connectivity index (χ3v) is 3.48. The fourth-order valence-electron chi connectivity index (χ4n) is 2.29. The molecular weight excluding hydrogens is 263 g/mol. The largest absolute Gasteiger partial charge is 0.398 e. The summed E-state index contributed by atoms with van der Waals surface area (Å²) in [6.07, 6.45) is 1.73. The molecule has 3 heteroatoms. The Bertz CT molecular complexity index is 730. The molecule has 0 aliphatic heterocycles. The molecular formula is C18H19FN2. The lowest BCUT2D eigenvalue weighted by molar-refractivity contribution is 0.628. The molecule has 0 aliphatic rings. The summed E-state index contributed by atoms with van der Waals surface area (Å²) in [6.45, 7) is 6.02. The summed E-state index contributed by atoms with van der Waals surface area (Å²) in [5.74, 6) is -0.387. The van der Waals surface area contributed by atoms with E-state index in [1.54, 1.807) is 6.08 Å². The first-order valence-electron chi connectivity index (χ1n) is 6.78. The van der Waals surface area contributed by atoms with E-state index in [1.165, 1.54) is 23.8 Å². The Hall–Kier alpha value is -2.42. The standard InChI is InChI=1S/C18H19FN2/c1-11-4-5-12(2)15(8-11)13(3)9-18(21)16-10-14(19)6-7-17(16)20/h4-10,21H,20H2,1-3H3/b13-9-,21-18?. The van der Waals surface area contributed by atoms with Crippen LogP contribution in [0.1, 0.15) is 29.2 Å². The van der Waals surface area contributed by atoms with Crippen LogP contribution in [0, 0.1) is 25.1 Å². The molecule has 21 heavy (non-hydrogen) atoms. The van der Waals surface area contributed by atoms with Gasteiger partial charge in [0.2, 0.25) is 0 Å². The summed E-state index contributed by atoms with van der Waals surface area (Å²) in [5, 5.41) is 8.15. The van der Waals surface area contributed by atoms with E-state index >= 15 is 0 Å². The number of rotatable bonds is 3. The van der Waals surface area contributed by atoms with Gasteiger partial charge in [0.1, 0.15) is 5.82 Å². The van der Waals surface area contributed by atoms with Crippen LogP contribution in [0.25, 0.3) is 5.57 Å². The number of hydrogen-bond acceptors (Lipinski definition) is 2. The third-order valence-electron chi connectivity index (χ3n) is 3.48. The molecule has 2 rings (SSSR count). The highest BCUT2D eigenvalue weighted by atomic mass is 19.1. The van der Waals surface area contributed by atoms with E-state index in [-0.39, 0.29) is 11.5 Å². The second kappa shape index (κ2) is 5.92. The number of nitrogens with two attached hydrogens (primary N) is 1. The van der Waals surface area contributed by atoms with Crippen LogP contribution >= 0.6 is 0 Å². The number of hydrogen-bond donors (Lipinski definition) is 2. The second-order valence-corrected chi connectivity index (χ2v) is 5.29. The smallest absolute Gasteiger partial charge is 0.124 e. The lowest BCUT2D eigenvalue weighted by atomic mass is 9.97. The Morgan fingerprint density at radius 3 is 2.52 bits per heavy atom. The first kappa shape index (κ1) is 15.0. The predicted molar refractivity (Wildman–Crippen MR) is 87.2 cm³/mol. The molecule has 2 aromatic rings. The molecule has 0 aromatic heterocycles. The van der Waals surface area contributed by atoms with E-state index in [4.69, 9.17) is 11.1 Å². The van der Waals surface area contributed by atoms with E-state index in [9.17, 15) is 4.39 Å². The number of nitrogen functional groups attached to an aromatic ring is 1. The molecule has 0 amide bonds. The maximum absolute atomic E-state index is 13.3. The van der Waals surface area contributed by atoms with Crippen LogP contribution < -0.4 is 5.73 Å². The van der Waals surface area contributed by atoms with Crippen molar-refractivity contribution in [2.24, 2.45) is 0 Å². The SMILES string of the molecule is C/C(=C/C(=N)c1cc(F)ccc1N)c1cc(C)ccc1C. The van der Waals surface area contributed by atoms with Crippen molar-refractivity contribution in [3.63, 3.8) is 0 Å². The van der Waals surface area contributed by atoms with Gasteiger partial charge in [-0.25, -0.2) is 4.39 Å². The molecule has 3 N–H and O–H groups in total. The molecule has 0 saturated heterocycles. The van der Waals surface area contributed by atoms with Crippen LogP contribution in [0.4, 0.5) is 10.1 Å². The maximum atomic E-state index is 13.3. The summed E-state index contributed by atoms with van der Waals surface area (Å²) >= 11 is 0.